The Labute approximate surface area is 127 Å². The number of nitrogens with zero attached hydrogens (tertiary/aromatic N) is 2. The van der Waals surface area contributed by atoms with Gasteiger partial charge in [-0.3, -0.25) is 4.79 Å². The van der Waals surface area contributed by atoms with E-state index in [2.05, 4.69) is 25.9 Å². The smallest absolute Gasteiger partial charge is 0.327 e. The molecule has 0 aliphatic rings. The zero-order valence-corrected chi connectivity index (χ0v) is 14.0. The number of rotatable bonds is 6. The minimum absolute atomic E-state index is 0.0757. The molecule has 0 saturated heterocycles. The average molecular weight is 365 g/mol. The minimum atomic E-state index is -3.60. The third-order valence-electron chi connectivity index (χ3n) is 3.03. The van der Waals surface area contributed by atoms with Crippen molar-refractivity contribution >= 4 is 31.7 Å². The normalized spacial score (nSPS) is 14.6. The minimum Gasteiger partial charge on any atom is -0.465 e. The molecule has 0 aliphatic heterocycles. The SMILES string of the molecule is CCOC(=O)C(C)(CCc1ncc(Br)cn1)S(C)(=O)=O. The molecule has 0 radical (unpaired) electrons. The molecule has 0 amide bonds. The van der Waals surface area contributed by atoms with E-state index in [0.717, 1.165) is 10.7 Å². The van der Waals surface area contributed by atoms with Gasteiger partial charge in [0.15, 0.2) is 14.6 Å². The van der Waals surface area contributed by atoms with Gasteiger partial charge in [-0.05, 0) is 36.2 Å². The van der Waals surface area contributed by atoms with Crippen molar-refractivity contribution in [2.24, 2.45) is 0 Å². The molecule has 0 N–H and O–H groups in total. The lowest BCUT2D eigenvalue weighted by atomic mass is 10.0. The molecule has 1 rings (SSSR count). The molecule has 0 aliphatic carbocycles. The van der Waals surface area contributed by atoms with Gasteiger partial charge in [-0.1, -0.05) is 0 Å². The van der Waals surface area contributed by atoms with E-state index in [0.29, 0.717) is 5.82 Å². The molecule has 1 atom stereocenters. The van der Waals surface area contributed by atoms with Crippen molar-refractivity contribution in [3.63, 3.8) is 0 Å². The summed E-state index contributed by atoms with van der Waals surface area (Å²) < 4.78 is 27.8. The monoisotopic (exact) mass is 364 g/mol. The molecule has 0 saturated carbocycles. The van der Waals surface area contributed by atoms with Crippen LogP contribution in [-0.2, 0) is 25.8 Å². The molecule has 6 nitrogen and oxygen atoms in total. The van der Waals surface area contributed by atoms with Gasteiger partial charge in [0.05, 0.1) is 11.1 Å². The summed E-state index contributed by atoms with van der Waals surface area (Å²) in [7, 11) is -3.60. The molecule has 1 aromatic rings. The van der Waals surface area contributed by atoms with E-state index in [4.69, 9.17) is 4.74 Å². The summed E-state index contributed by atoms with van der Waals surface area (Å²) in [5.41, 5.74) is 0. The van der Waals surface area contributed by atoms with Crippen LogP contribution in [0.1, 0.15) is 26.1 Å². The van der Waals surface area contributed by atoms with Gasteiger partial charge in [0.1, 0.15) is 5.82 Å². The topological polar surface area (TPSA) is 86.2 Å². The van der Waals surface area contributed by atoms with Crippen LogP contribution in [0.5, 0.6) is 0 Å². The first-order valence-electron chi connectivity index (χ1n) is 6.04. The van der Waals surface area contributed by atoms with Crippen molar-refractivity contribution in [2.75, 3.05) is 12.9 Å². The van der Waals surface area contributed by atoms with Crippen molar-refractivity contribution in [3.05, 3.63) is 22.7 Å². The van der Waals surface area contributed by atoms with E-state index in [1.54, 1.807) is 19.3 Å². The number of ether oxygens (including phenoxy) is 1. The third-order valence-corrected chi connectivity index (χ3v) is 5.44. The molecule has 0 bridgehead atoms. The average Bonchev–Trinajstić information content (AvgIpc) is 2.36. The predicted octanol–water partition coefficient (Wildman–Crippen LogP) is 1.54. The number of sulfone groups is 1. The number of aromatic nitrogens is 2. The van der Waals surface area contributed by atoms with E-state index in [-0.39, 0.29) is 19.4 Å². The van der Waals surface area contributed by atoms with Crippen molar-refractivity contribution in [1.29, 1.82) is 0 Å². The van der Waals surface area contributed by atoms with Crippen LogP contribution in [0.3, 0.4) is 0 Å². The maximum absolute atomic E-state index is 11.9. The first-order valence-corrected chi connectivity index (χ1v) is 8.72. The van der Waals surface area contributed by atoms with Crippen LogP contribution < -0.4 is 0 Å². The summed E-state index contributed by atoms with van der Waals surface area (Å²) in [4.78, 5) is 20.1. The predicted molar refractivity (Wildman–Crippen MR) is 77.9 cm³/mol. The highest BCUT2D eigenvalue weighted by Crippen LogP contribution is 2.24. The number of hydrogen-bond acceptors (Lipinski definition) is 6. The zero-order chi connectivity index (χ0) is 15.4. The standard InChI is InChI=1S/C12H17BrN2O4S/c1-4-19-11(16)12(2,20(3,17)18)6-5-10-14-7-9(13)8-15-10/h7-8H,4-6H2,1-3H3. The maximum Gasteiger partial charge on any atom is 0.327 e. The number of hydrogen-bond donors (Lipinski definition) is 0. The lowest BCUT2D eigenvalue weighted by molar-refractivity contribution is -0.146. The molecule has 8 heteroatoms. The quantitative estimate of drug-likeness (QED) is 0.711. The van der Waals surface area contributed by atoms with Crippen molar-refractivity contribution < 1.29 is 17.9 Å². The van der Waals surface area contributed by atoms with Crippen LogP contribution in [0.25, 0.3) is 0 Å². The van der Waals surface area contributed by atoms with Crippen LogP contribution >= 0.6 is 15.9 Å². The van der Waals surface area contributed by atoms with Crippen LogP contribution in [-0.4, -0.2) is 42.0 Å². The molecule has 1 aromatic heterocycles. The van der Waals surface area contributed by atoms with Gasteiger partial charge >= 0.3 is 5.97 Å². The molecule has 0 spiro atoms. The Bertz CT molecular complexity index is 574. The molecule has 1 unspecified atom stereocenters. The highest BCUT2D eigenvalue weighted by Gasteiger charge is 2.44. The molecule has 0 aromatic carbocycles. The van der Waals surface area contributed by atoms with Crippen molar-refractivity contribution in [1.82, 2.24) is 9.97 Å². The van der Waals surface area contributed by atoms with Gasteiger partial charge in [0.2, 0.25) is 0 Å². The second-order valence-corrected chi connectivity index (χ2v) is 7.90. The number of aryl methyl sites for hydroxylation is 1. The summed E-state index contributed by atoms with van der Waals surface area (Å²) in [6.07, 6.45) is 4.53. The van der Waals surface area contributed by atoms with E-state index < -0.39 is 20.6 Å². The first-order chi connectivity index (χ1) is 9.20. The molecule has 1 heterocycles. The fourth-order valence-electron chi connectivity index (χ4n) is 1.54. The molecular weight excluding hydrogens is 348 g/mol. The second kappa shape index (κ2) is 6.62. The number of esters is 1. The van der Waals surface area contributed by atoms with Crippen molar-refractivity contribution in [3.8, 4) is 0 Å². The van der Waals surface area contributed by atoms with Gasteiger partial charge < -0.3 is 4.74 Å². The lowest BCUT2D eigenvalue weighted by Gasteiger charge is -2.24. The van der Waals surface area contributed by atoms with Gasteiger partial charge in [-0.15, -0.1) is 0 Å². The Kier molecular flexibility index (Phi) is 5.64. The van der Waals surface area contributed by atoms with Crippen LogP contribution in [0.2, 0.25) is 0 Å². The Hall–Kier alpha value is -1.02. The largest absolute Gasteiger partial charge is 0.465 e. The summed E-state index contributed by atoms with van der Waals surface area (Å²) >= 11 is 3.22. The molecular formula is C12H17BrN2O4S. The van der Waals surface area contributed by atoms with Gasteiger partial charge in [0.25, 0.3) is 0 Å². The van der Waals surface area contributed by atoms with Crippen molar-refractivity contribution in [2.45, 2.75) is 31.4 Å². The molecule has 0 fully saturated rings. The highest BCUT2D eigenvalue weighted by molar-refractivity contribution is 9.10. The Balaban J connectivity index is 2.91. The Morgan fingerprint density at radius 3 is 2.40 bits per heavy atom. The lowest BCUT2D eigenvalue weighted by Crippen LogP contribution is -2.44. The fourth-order valence-corrected chi connectivity index (χ4v) is 2.58. The van der Waals surface area contributed by atoms with Gasteiger partial charge in [-0.2, -0.15) is 0 Å². The zero-order valence-electron chi connectivity index (χ0n) is 11.6. The first kappa shape index (κ1) is 17.0. The van der Waals surface area contributed by atoms with E-state index in [1.807, 2.05) is 0 Å². The number of halogens is 1. The van der Waals surface area contributed by atoms with Gasteiger partial charge in [0, 0.05) is 25.1 Å². The summed E-state index contributed by atoms with van der Waals surface area (Å²) in [5, 5.41) is 0. The summed E-state index contributed by atoms with van der Waals surface area (Å²) in [6.45, 7) is 3.15. The Morgan fingerprint density at radius 2 is 1.95 bits per heavy atom. The van der Waals surface area contributed by atoms with E-state index in [1.165, 1.54) is 6.92 Å². The van der Waals surface area contributed by atoms with E-state index >= 15 is 0 Å². The Morgan fingerprint density at radius 1 is 1.40 bits per heavy atom. The van der Waals surface area contributed by atoms with Gasteiger partial charge in [-0.25, -0.2) is 18.4 Å². The summed E-state index contributed by atoms with van der Waals surface area (Å²) in [6, 6.07) is 0. The fraction of sp³-hybridized carbons (Fsp3) is 0.583. The summed E-state index contributed by atoms with van der Waals surface area (Å²) in [5.74, 6) is -0.257. The van der Waals surface area contributed by atoms with Crippen LogP contribution in [0.15, 0.2) is 16.9 Å². The number of carbonyl (C=O) groups is 1. The number of carbonyl (C=O) groups excluding carboxylic acids is 1. The van der Waals surface area contributed by atoms with Crippen LogP contribution in [0.4, 0.5) is 0 Å². The maximum atomic E-state index is 11.9. The molecule has 20 heavy (non-hydrogen) atoms. The second-order valence-electron chi connectivity index (χ2n) is 4.54. The van der Waals surface area contributed by atoms with Crippen LogP contribution in [0, 0.1) is 0 Å². The van der Waals surface area contributed by atoms with E-state index in [9.17, 15) is 13.2 Å². The third kappa shape index (κ3) is 3.99. The molecule has 112 valence electrons. The highest BCUT2D eigenvalue weighted by atomic mass is 79.9.